The van der Waals surface area contributed by atoms with Crippen LogP contribution in [0.3, 0.4) is 0 Å². The van der Waals surface area contributed by atoms with Crippen LogP contribution in [0.4, 0.5) is 5.69 Å². The van der Waals surface area contributed by atoms with Crippen LogP contribution >= 0.6 is 0 Å². The molecular weight excluding hydrogens is 318 g/mol. The Bertz CT molecular complexity index is 813. The van der Waals surface area contributed by atoms with E-state index in [1.807, 2.05) is 25.1 Å². The molecule has 2 aromatic carbocycles. The van der Waals surface area contributed by atoms with E-state index in [0.29, 0.717) is 17.0 Å². The Balaban J connectivity index is 1.59. The Morgan fingerprint density at radius 3 is 2.68 bits per heavy atom. The van der Waals surface area contributed by atoms with E-state index in [-0.39, 0.29) is 6.61 Å². The summed E-state index contributed by atoms with van der Waals surface area (Å²) in [6.45, 7) is 1.58. The van der Waals surface area contributed by atoms with Gasteiger partial charge in [0.05, 0.1) is 18.4 Å². The lowest BCUT2D eigenvalue weighted by molar-refractivity contribution is -0.119. The van der Waals surface area contributed by atoms with Gasteiger partial charge < -0.3 is 14.8 Å². The fraction of sp³-hybridized carbons (Fsp3) is 0.300. The number of fused-ring (bicyclic) bond motifs is 1. The number of nitrogens with one attached hydrogen (secondary N) is 1. The summed E-state index contributed by atoms with van der Waals surface area (Å²) in [5, 5.41) is 2.71. The highest BCUT2D eigenvalue weighted by Crippen LogP contribution is 2.25. The van der Waals surface area contributed by atoms with Gasteiger partial charge in [0.15, 0.2) is 6.61 Å². The van der Waals surface area contributed by atoms with Crippen LogP contribution in [0.25, 0.3) is 0 Å². The zero-order chi connectivity index (χ0) is 17.8. The molecule has 5 heteroatoms. The van der Waals surface area contributed by atoms with Crippen LogP contribution in [0.15, 0.2) is 36.4 Å². The molecule has 1 aliphatic rings. The van der Waals surface area contributed by atoms with Gasteiger partial charge in [0.25, 0.3) is 5.91 Å². The summed E-state index contributed by atoms with van der Waals surface area (Å²) < 4.78 is 10.4. The first-order valence-electron chi connectivity index (χ1n) is 8.30. The maximum absolute atomic E-state index is 12.2. The molecule has 0 spiro atoms. The maximum atomic E-state index is 12.2. The first-order valence-corrected chi connectivity index (χ1v) is 8.30. The number of esters is 1. The standard InChI is InChI=1S/C20H21NO4/c1-13-6-9-18(24-2)17(10-13)21-19(22)12-25-20(23)16-8-7-14-4-3-5-15(14)11-16/h6-11H,3-5,12H2,1-2H3,(H,21,22). The number of anilines is 1. The minimum absolute atomic E-state index is 0.340. The highest BCUT2D eigenvalue weighted by Gasteiger charge is 2.16. The number of rotatable bonds is 5. The summed E-state index contributed by atoms with van der Waals surface area (Å²) in [7, 11) is 1.54. The first kappa shape index (κ1) is 17.0. The molecule has 0 heterocycles. The molecule has 0 saturated carbocycles. The zero-order valence-electron chi connectivity index (χ0n) is 14.4. The van der Waals surface area contributed by atoms with Crippen LogP contribution in [0.1, 0.15) is 33.5 Å². The molecule has 3 rings (SSSR count). The smallest absolute Gasteiger partial charge is 0.338 e. The van der Waals surface area contributed by atoms with Crippen molar-refractivity contribution in [2.24, 2.45) is 0 Å². The fourth-order valence-electron chi connectivity index (χ4n) is 3.02. The van der Waals surface area contributed by atoms with Gasteiger partial charge in [0, 0.05) is 0 Å². The molecule has 2 aromatic rings. The van der Waals surface area contributed by atoms with Crippen LogP contribution in [0.2, 0.25) is 0 Å². The minimum atomic E-state index is -0.485. The lowest BCUT2D eigenvalue weighted by atomic mass is 10.1. The second-order valence-corrected chi connectivity index (χ2v) is 6.17. The van der Waals surface area contributed by atoms with Gasteiger partial charge in [0.2, 0.25) is 0 Å². The van der Waals surface area contributed by atoms with E-state index in [0.717, 1.165) is 24.8 Å². The summed E-state index contributed by atoms with van der Waals surface area (Å²) in [6, 6.07) is 11.1. The molecule has 0 aliphatic heterocycles. The number of hydrogen-bond acceptors (Lipinski definition) is 4. The molecule has 25 heavy (non-hydrogen) atoms. The van der Waals surface area contributed by atoms with Crippen LogP contribution in [0.5, 0.6) is 5.75 Å². The third-order valence-electron chi connectivity index (χ3n) is 4.30. The van der Waals surface area contributed by atoms with Crippen LogP contribution < -0.4 is 10.1 Å². The number of benzene rings is 2. The predicted octanol–water partition coefficient (Wildman–Crippen LogP) is 3.29. The number of carbonyl (C=O) groups is 2. The van der Waals surface area contributed by atoms with Crippen molar-refractivity contribution in [2.45, 2.75) is 26.2 Å². The Hall–Kier alpha value is -2.82. The van der Waals surface area contributed by atoms with Crippen molar-refractivity contribution >= 4 is 17.6 Å². The monoisotopic (exact) mass is 339 g/mol. The Morgan fingerprint density at radius 1 is 1.08 bits per heavy atom. The molecule has 130 valence electrons. The average molecular weight is 339 g/mol. The van der Waals surface area contributed by atoms with Crippen LogP contribution in [-0.2, 0) is 22.4 Å². The fourth-order valence-corrected chi connectivity index (χ4v) is 3.02. The Morgan fingerprint density at radius 2 is 1.88 bits per heavy atom. The normalized spacial score (nSPS) is 12.4. The van der Waals surface area contributed by atoms with Crippen molar-refractivity contribution in [3.8, 4) is 5.75 Å². The summed E-state index contributed by atoms with van der Waals surface area (Å²) in [6.07, 6.45) is 3.17. The zero-order valence-corrected chi connectivity index (χ0v) is 14.4. The van der Waals surface area contributed by atoms with Gasteiger partial charge in [-0.15, -0.1) is 0 Å². The molecule has 0 unspecified atom stereocenters. The highest BCUT2D eigenvalue weighted by atomic mass is 16.5. The average Bonchev–Trinajstić information content (AvgIpc) is 3.07. The van der Waals surface area contributed by atoms with Crippen LogP contribution in [0, 0.1) is 6.92 Å². The second-order valence-electron chi connectivity index (χ2n) is 6.17. The third-order valence-corrected chi connectivity index (χ3v) is 4.30. The van der Waals surface area contributed by atoms with Crippen molar-refractivity contribution in [1.29, 1.82) is 0 Å². The predicted molar refractivity (Wildman–Crippen MR) is 95.1 cm³/mol. The Labute approximate surface area is 147 Å². The van der Waals surface area contributed by atoms with Gasteiger partial charge in [-0.25, -0.2) is 4.79 Å². The Kier molecular flexibility index (Phi) is 5.03. The summed E-state index contributed by atoms with van der Waals surface area (Å²) in [4.78, 5) is 24.2. The van der Waals surface area contributed by atoms with Crippen molar-refractivity contribution in [2.75, 3.05) is 19.0 Å². The van der Waals surface area contributed by atoms with E-state index in [1.165, 1.54) is 18.2 Å². The maximum Gasteiger partial charge on any atom is 0.338 e. The van der Waals surface area contributed by atoms with Crippen molar-refractivity contribution in [1.82, 2.24) is 0 Å². The highest BCUT2D eigenvalue weighted by molar-refractivity contribution is 5.96. The SMILES string of the molecule is COc1ccc(C)cc1NC(=O)COC(=O)c1ccc2c(c1)CCC2. The molecule has 1 amide bonds. The van der Waals surface area contributed by atoms with Gasteiger partial charge in [-0.05, 0) is 67.1 Å². The minimum Gasteiger partial charge on any atom is -0.495 e. The van der Waals surface area contributed by atoms with Crippen molar-refractivity contribution < 1.29 is 19.1 Å². The van der Waals surface area contributed by atoms with Crippen molar-refractivity contribution in [3.63, 3.8) is 0 Å². The molecule has 1 N–H and O–H groups in total. The number of methoxy groups -OCH3 is 1. The third kappa shape index (κ3) is 3.99. The molecule has 0 aromatic heterocycles. The molecular formula is C20H21NO4. The molecule has 0 fully saturated rings. The second kappa shape index (κ2) is 7.38. The van der Waals surface area contributed by atoms with Gasteiger partial charge >= 0.3 is 5.97 Å². The van der Waals surface area contributed by atoms with E-state index < -0.39 is 11.9 Å². The summed E-state index contributed by atoms with van der Waals surface area (Å²) in [5.41, 5.74) is 4.53. The van der Waals surface area contributed by atoms with E-state index in [2.05, 4.69) is 5.32 Å². The topological polar surface area (TPSA) is 64.6 Å². The van der Waals surface area contributed by atoms with Gasteiger partial charge in [-0.1, -0.05) is 12.1 Å². The molecule has 0 radical (unpaired) electrons. The number of amides is 1. The summed E-state index contributed by atoms with van der Waals surface area (Å²) in [5.74, 6) is -0.330. The first-order chi connectivity index (χ1) is 12.1. The summed E-state index contributed by atoms with van der Waals surface area (Å²) >= 11 is 0. The lowest BCUT2D eigenvalue weighted by Crippen LogP contribution is -2.21. The number of hydrogen-bond donors (Lipinski definition) is 1. The van der Waals surface area contributed by atoms with Gasteiger partial charge in [0.1, 0.15) is 5.75 Å². The van der Waals surface area contributed by atoms with E-state index >= 15 is 0 Å². The number of ether oxygens (including phenoxy) is 2. The quantitative estimate of drug-likeness (QED) is 0.849. The molecule has 0 saturated heterocycles. The van der Waals surface area contributed by atoms with E-state index in [4.69, 9.17) is 9.47 Å². The van der Waals surface area contributed by atoms with E-state index in [9.17, 15) is 9.59 Å². The van der Waals surface area contributed by atoms with Gasteiger partial charge in [-0.2, -0.15) is 0 Å². The largest absolute Gasteiger partial charge is 0.495 e. The van der Waals surface area contributed by atoms with E-state index in [1.54, 1.807) is 18.2 Å². The lowest BCUT2D eigenvalue weighted by Gasteiger charge is -2.11. The van der Waals surface area contributed by atoms with Crippen LogP contribution in [-0.4, -0.2) is 25.6 Å². The molecule has 1 aliphatic carbocycles. The van der Waals surface area contributed by atoms with Crippen molar-refractivity contribution in [3.05, 3.63) is 58.7 Å². The van der Waals surface area contributed by atoms with Gasteiger partial charge in [-0.3, -0.25) is 4.79 Å². The number of aryl methyl sites for hydroxylation is 3. The number of carbonyl (C=O) groups excluding carboxylic acids is 2. The molecule has 0 atom stereocenters. The molecule has 0 bridgehead atoms. The molecule has 5 nitrogen and oxygen atoms in total.